The van der Waals surface area contributed by atoms with Crippen molar-refractivity contribution in [3.05, 3.63) is 177 Å². The van der Waals surface area contributed by atoms with Gasteiger partial charge < -0.3 is 0 Å². The van der Waals surface area contributed by atoms with Gasteiger partial charge in [-0.1, -0.05) is 0 Å². The van der Waals surface area contributed by atoms with Gasteiger partial charge in [0.05, 0.1) is 18.0 Å². The quantitative estimate of drug-likeness (QED) is 0.0556. The zero-order chi connectivity index (χ0) is 45.0. The van der Waals surface area contributed by atoms with Crippen molar-refractivity contribution in [3.8, 4) is 0 Å². The molecule has 25 heteroatoms. The summed E-state index contributed by atoms with van der Waals surface area (Å²) in [7, 11) is 0. The van der Waals surface area contributed by atoms with Crippen LogP contribution in [0.15, 0.2) is 43.0 Å². The van der Waals surface area contributed by atoms with Crippen molar-refractivity contribution in [2.45, 2.75) is 6.54 Å². The lowest BCUT2D eigenvalue weighted by Crippen LogP contribution is -2.81. The highest BCUT2D eigenvalue weighted by Gasteiger charge is 2.52. The Morgan fingerprint density at radius 2 is 0.600 bits per heavy atom. The molecule has 0 unspecified atom stereocenters. The van der Waals surface area contributed by atoms with E-state index < -0.39 is 156 Å². The van der Waals surface area contributed by atoms with Gasteiger partial charge in [0.2, 0.25) is 0 Å². The molecule has 60 heavy (non-hydrogen) atoms. The van der Waals surface area contributed by atoms with Crippen LogP contribution in [0.1, 0.15) is 5.56 Å². The number of hydrogen-bond acceptors (Lipinski definition) is 1. The third kappa shape index (κ3) is 6.91. The van der Waals surface area contributed by atoms with Gasteiger partial charge in [-0.2, -0.15) is 4.57 Å². The maximum atomic E-state index is 15.4. The minimum Gasteiger partial charge on any atom is -0.252 e. The molecule has 1 heterocycles. The molecular weight excluding hydrogens is 877 g/mol. The first kappa shape index (κ1) is 44.8. The number of nitrogens with zero attached hydrogens (tertiary/aromatic N) is 2. The van der Waals surface area contributed by atoms with E-state index in [4.69, 9.17) is 0 Å². The third-order valence-electron chi connectivity index (χ3n) is 8.76. The molecule has 0 aliphatic carbocycles. The first-order valence-electron chi connectivity index (χ1n) is 15.4. The molecule has 0 aliphatic heterocycles. The van der Waals surface area contributed by atoms with E-state index >= 15 is 35.1 Å². The molecule has 0 N–H and O–H groups in total. The Balaban J connectivity index is 0.000000379. The Labute approximate surface area is 317 Å². The van der Waals surface area contributed by atoms with Gasteiger partial charge in [-0.05, 0) is 12.1 Å². The average molecular weight is 886 g/mol. The molecule has 5 aromatic carbocycles. The Morgan fingerprint density at radius 1 is 0.350 bits per heavy atom. The maximum Gasteiger partial charge on any atom is 0.200 e. The molecule has 6 rings (SSSR count). The summed E-state index contributed by atoms with van der Waals surface area (Å²) in [5.74, 6) is -72.5. The van der Waals surface area contributed by atoms with Crippen molar-refractivity contribution in [2.75, 3.05) is 0 Å². The molecule has 0 saturated heterocycles. The highest BCUT2D eigenvalue weighted by atomic mass is 19.2. The summed E-state index contributed by atoms with van der Waals surface area (Å²) in [6.45, 7) is 0.370. The van der Waals surface area contributed by atoms with Crippen molar-refractivity contribution in [1.82, 2.24) is 4.98 Å². The third-order valence-corrected chi connectivity index (χ3v) is 8.76. The summed E-state index contributed by atoms with van der Waals surface area (Å²) in [5, 5.41) is 0. The molecule has 316 valence electrons. The van der Waals surface area contributed by atoms with Crippen LogP contribution in [0.2, 0.25) is 0 Å². The van der Waals surface area contributed by atoms with E-state index in [1.165, 1.54) is 12.1 Å². The van der Waals surface area contributed by atoms with Gasteiger partial charge in [-0.3, -0.25) is 4.98 Å². The molecule has 0 atom stereocenters. The van der Waals surface area contributed by atoms with Crippen molar-refractivity contribution in [2.24, 2.45) is 0 Å². The topological polar surface area (TPSA) is 16.8 Å². The number of halogens is 22. The second-order valence-electron chi connectivity index (χ2n) is 12.0. The van der Waals surface area contributed by atoms with Gasteiger partial charge >= 0.3 is 0 Å². The van der Waals surface area contributed by atoms with Gasteiger partial charge in [0.1, 0.15) is 64.3 Å². The molecule has 0 saturated carbocycles. The minimum absolute atomic E-state index is 0.370. The number of hydrogen-bond donors (Lipinski definition) is 0. The lowest BCUT2D eigenvalue weighted by Gasteiger charge is -2.44. The van der Waals surface area contributed by atoms with Gasteiger partial charge in [0.25, 0.3) is 0 Å². The molecule has 6 aromatic rings. The molecular formula is C35H9BF22N2. The fourth-order valence-corrected chi connectivity index (χ4v) is 6.17. The Morgan fingerprint density at radius 3 is 0.850 bits per heavy atom. The normalized spacial score (nSPS) is 11.6. The predicted octanol–water partition coefficient (Wildman–Crippen LogP) is 7.54. The average Bonchev–Trinajstić information content (AvgIpc) is 3.22. The van der Waals surface area contributed by atoms with Gasteiger partial charge in [0.15, 0.2) is 88.7 Å². The van der Waals surface area contributed by atoms with E-state index in [1.807, 2.05) is 0 Å². The smallest absolute Gasteiger partial charge is 0.200 e. The second kappa shape index (κ2) is 16.4. The lowest BCUT2D eigenvalue weighted by atomic mass is 9.12. The molecule has 0 spiro atoms. The highest BCUT2D eigenvalue weighted by Crippen LogP contribution is 2.30. The summed E-state index contributed by atoms with van der Waals surface area (Å²) in [4.78, 5) is 3.85. The summed E-state index contributed by atoms with van der Waals surface area (Å²) in [6.07, 6.45) is -0.542. The van der Waals surface area contributed by atoms with Crippen LogP contribution in [0, 0.1) is 128 Å². The molecule has 0 aliphatic rings. The minimum atomic E-state index is -7.22. The van der Waals surface area contributed by atoms with Gasteiger partial charge in [-0.25, -0.2) is 96.6 Å². The molecule has 0 amide bonds. The zero-order valence-corrected chi connectivity index (χ0v) is 28.0. The monoisotopic (exact) mass is 886 g/mol. The van der Waals surface area contributed by atoms with E-state index in [2.05, 4.69) is 4.98 Å². The first-order chi connectivity index (χ1) is 28.0. The lowest BCUT2D eigenvalue weighted by molar-refractivity contribution is -0.689. The standard InChI is InChI=1S/C24BF20.C11H9F2N2/c26-5-1(6(27)14(35)21(42)13(5)34)25(2-7(28)15(36)22(43)16(37)8(2)29,3-9(30)17(38)23(44)18(39)10(3)31)4-11(32)19(40)24(45)20(41)12(4)33;12-10-2-1-9(11(13)7-10)8-15-5-3-14-4-6-15/h;1-7H,8H2/q-1;+1. The molecule has 0 bridgehead atoms. The second-order valence-corrected chi connectivity index (χ2v) is 12.0. The first-order valence-corrected chi connectivity index (χ1v) is 15.4. The highest BCUT2D eigenvalue weighted by molar-refractivity contribution is 7.20. The predicted molar refractivity (Wildman–Crippen MR) is 159 cm³/mol. The van der Waals surface area contributed by atoms with Crippen molar-refractivity contribution < 1.29 is 101 Å². The summed E-state index contributed by atoms with van der Waals surface area (Å²) < 4.78 is 322. The van der Waals surface area contributed by atoms with Gasteiger partial charge in [0, 0.05) is 6.07 Å². The van der Waals surface area contributed by atoms with E-state index in [0.717, 1.165) is 6.07 Å². The summed E-state index contributed by atoms with van der Waals surface area (Å²) >= 11 is 0. The van der Waals surface area contributed by atoms with Crippen LogP contribution in [-0.2, 0) is 6.54 Å². The van der Waals surface area contributed by atoms with E-state index in [0.29, 0.717) is 12.1 Å². The van der Waals surface area contributed by atoms with Gasteiger partial charge in [-0.15, -0.1) is 21.9 Å². The fourth-order valence-electron chi connectivity index (χ4n) is 6.17. The molecule has 0 radical (unpaired) electrons. The van der Waals surface area contributed by atoms with Crippen LogP contribution in [0.3, 0.4) is 0 Å². The number of benzene rings is 5. The molecule has 1 aromatic heterocycles. The zero-order valence-electron chi connectivity index (χ0n) is 28.0. The van der Waals surface area contributed by atoms with Crippen LogP contribution in [-0.4, -0.2) is 11.1 Å². The van der Waals surface area contributed by atoms with Crippen LogP contribution in [0.25, 0.3) is 0 Å². The van der Waals surface area contributed by atoms with Crippen LogP contribution < -0.4 is 26.4 Å². The number of rotatable bonds is 6. The number of aromatic nitrogens is 2. The fraction of sp³-hybridized carbons (Fsp3) is 0.0286. The van der Waals surface area contributed by atoms with Crippen LogP contribution >= 0.6 is 0 Å². The maximum absolute atomic E-state index is 15.4. The van der Waals surface area contributed by atoms with E-state index in [1.54, 1.807) is 29.4 Å². The Kier molecular flexibility index (Phi) is 12.2. The SMILES string of the molecule is Fc1c(F)c(F)c([B-](c2c(F)c(F)c(F)c(F)c2F)(c2c(F)c(F)c(F)c(F)c2F)c2c(F)c(F)c(F)c(F)c2F)c(F)c1F.Fc1ccc(C[n+]2ccncc2)c(F)c1. The summed E-state index contributed by atoms with van der Waals surface area (Å²) in [5.41, 5.74) is -13.9. The molecule has 2 nitrogen and oxygen atoms in total. The summed E-state index contributed by atoms with van der Waals surface area (Å²) in [6, 6.07) is 3.58. The Hall–Kier alpha value is -6.30. The van der Waals surface area contributed by atoms with E-state index in [-0.39, 0.29) is 0 Å². The largest absolute Gasteiger partial charge is 0.252 e. The van der Waals surface area contributed by atoms with Crippen molar-refractivity contribution in [3.63, 3.8) is 0 Å². The van der Waals surface area contributed by atoms with Crippen LogP contribution in [0.5, 0.6) is 0 Å². The van der Waals surface area contributed by atoms with Crippen LogP contribution in [0.4, 0.5) is 96.6 Å². The van der Waals surface area contributed by atoms with Crippen molar-refractivity contribution >= 4 is 28.0 Å². The Bertz CT molecular complexity index is 2330. The van der Waals surface area contributed by atoms with E-state index in [9.17, 15) is 61.5 Å². The van der Waals surface area contributed by atoms with Crippen molar-refractivity contribution in [1.29, 1.82) is 0 Å². The molecule has 0 fully saturated rings.